The first-order valence-corrected chi connectivity index (χ1v) is 6.44. The van der Waals surface area contributed by atoms with Gasteiger partial charge in [-0.25, -0.2) is 9.78 Å². The number of pyridine rings is 1. The van der Waals surface area contributed by atoms with Crippen molar-refractivity contribution in [3.05, 3.63) is 59.7 Å². The van der Waals surface area contributed by atoms with E-state index in [-0.39, 0.29) is 5.56 Å². The summed E-state index contributed by atoms with van der Waals surface area (Å²) < 4.78 is 12.7. The second-order valence-electron chi connectivity index (χ2n) is 4.18. The van der Waals surface area contributed by atoms with Gasteiger partial charge in [0.2, 0.25) is 5.95 Å². The SMILES string of the molecule is O=C(O)c1ccc(NC(=S)NCc2ccc(F)nc2)cc1. The van der Waals surface area contributed by atoms with Crippen molar-refractivity contribution in [3.8, 4) is 0 Å². The summed E-state index contributed by atoms with van der Waals surface area (Å²) in [5.74, 6) is -1.51. The summed E-state index contributed by atoms with van der Waals surface area (Å²) in [6, 6.07) is 9.10. The molecule has 0 unspecified atom stereocenters. The molecular formula is C14H12FN3O2S. The van der Waals surface area contributed by atoms with Gasteiger partial charge < -0.3 is 15.7 Å². The highest BCUT2D eigenvalue weighted by molar-refractivity contribution is 7.80. The van der Waals surface area contributed by atoms with Crippen LogP contribution in [0.25, 0.3) is 0 Å². The summed E-state index contributed by atoms with van der Waals surface area (Å²) in [6.45, 7) is 0.409. The third-order valence-electron chi connectivity index (χ3n) is 2.63. The number of halogens is 1. The Hall–Kier alpha value is -2.54. The largest absolute Gasteiger partial charge is 0.478 e. The van der Waals surface area contributed by atoms with Crippen molar-refractivity contribution < 1.29 is 14.3 Å². The third kappa shape index (κ3) is 4.50. The number of anilines is 1. The molecule has 0 saturated heterocycles. The molecule has 5 nitrogen and oxygen atoms in total. The molecule has 1 heterocycles. The van der Waals surface area contributed by atoms with Crippen LogP contribution in [0.5, 0.6) is 0 Å². The third-order valence-corrected chi connectivity index (χ3v) is 2.88. The number of carboxylic acid groups (broad SMARTS) is 1. The fourth-order valence-electron chi connectivity index (χ4n) is 1.56. The number of carbonyl (C=O) groups is 1. The highest BCUT2D eigenvalue weighted by atomic mass is 32.1. The van der Waals surface area contributed by atoms with Crippen LogP contribution < -0.4 is 10.6 Å². The fraction of sp³-hybridized carbons (Fsp3) is 0.0714. The maximum absolute atomic E-state index is 12.7. The number of thiocarbonyl (C=S) groups is 1. The summed E-state index contributed by atoms with van der Waals surface area (Å²) in [7, 11) is 0. The first kappa shape index (κ1) is 14.9. The molecule has 3 N–H and O–H groups in total. The summed E-state index contributed by atoms with van der Waals surface area (Å²) in [5, 5.41) is 15.0. The molecule has 0 fully saturated rings. The van der Waals surface area contributed by atoms with Gasteiger partial charge in [0.25, 0.3) is 0 Å². The predicted octanol–water partition coefficient (Wildman–Crippen LogP) is 2.41. The van der Waals surface area contributed by atoms with Crippen LogP contribution in [0.4, 0.5) is 10.1 Å². The first-order valence-electron chi connectivity index (χ1n) is 6.03. The van der Waals surface area contributed by atoms with Crippen molar-refractivity contribution in [3.63, 3.8) is 0 Å². The quantitative estimate of drug-likeness (QED) is 0.595. The lowest BCUT2D eigenvalue weighted by Gasteiger charge is -2.10. The standard InChI is InChI=1S/C14H12FN3O2S/c15-12-6-1-9(7-16-12)8-17-14(21)18-11-4-2-10(3-5-11)13(19)20/h1-7H,8H2,(H,19,20)(H2,17,18,21). The van der Waals surface area contributed by atoms with Crippen molar-refractivity contribution in [1.29, 1.82) is 0 Å². The van der Waals surface area contributed by atoms with Gasteiger partial charge in [0, 0.05) is 18.4 Å². The van der Waals surface area contributed by atoms with Crippen LogP contribution in [0, 0.1) is 5.95 Å². The number of aromatic nitrogens is 1. The highest BCUT2D eigenvalue weighted by Crippen LogP contribution is 2.09. The van der Waals surface area contributed by atoms with Crippen LogP contribution in [0.1, 0.15) is 15.9 Å². The molecule has 0 spiro atoms. The zero-order valence-corrected chi connectivity index (χ0v) is 11.7. The average Bonchev–Trinajstić information content (AvgIpc) is 2.47. The van der Waals surface area contributed by atoms with Gasteiger partial charge in [-0.05, 0) is 48.1 Å². The van der Waals surface area contributed by atoms with E-state index in [9.17, 15) is 9.18 Å². The summed E-state index contributed by atoms with van der Waals surface area (Å²) in [6.07, 6.45) is 1.42. The second-order valence-corrected chi connectivity index (χ2v) is 4.59. The monoisotopic (exact) mass is 305 g/mol. The molecule has 0 radical (unpaired) electrons. The van der Waals surface area contributed by atoms with Crippen molar-refractivity contribution in [1.82, 2.24) is 10.3 Å². The smallest absolute Gasteiger partial charge is 0.335 e. The van der Waals surface area contributed by atoms with E-state index in [2.05, 4.69) is 15.6 Å². The molecule has 1 aromatic heterocycles. The topological polar surface area (TPSA) is 74.2 Å². The maximum atomic E-state index is 12.7. The molecule has 7 heteroatoms. The van der Waals surface area contributed by atoms with Gasteiger partial charge in [0.15, 0.2) is 5.11 Å². The minimum absolute atomic E-state index is 0.205. The Labute approximate surface area is 125 Å². The summed E-state index contributed by atoms with van der Waals surface area (Å²) in [4.78, 5) is 14.3. The Morgan fingerprint density at radius 3 is 2.52 bits per heavy atom. The zero-order chi connectivity index (χ0) is 15.2. The maximum Gasteiger partial charge on any atom is 0.335 e. The Balaban J connectivity index is 1.86. The summed E-state index contributed by atoms with van der Waals surface area (Å²) >= 11 is 5.11. The zero-order valence-electron chi connectivity index (χ0n) is 10.8. The lowest BCUT2D eigenvalue weighted by atomic mass is 10.2. The molecule has 0 amide bonds. The van der Waals surface area contributed by atoms with Crippen molar-refractivity contribution in [2.45, 2.75) is 6.54 Å². The van der Waals surface area contributed by atoms with Gasteiger partial charge in [-0.15, -0.1) is 0 Å². The van der Waals surface area contributed by atoms with Crippen LogP contribution >= 0.6 is 12.2 Å². The van der Waals surface area contributed by atoms with Crippen LogP contribution in [-0.2, 0) is 6.54 Å². The van der Waals surface area contributed by atoms with Gasteiger partial charge in [0.1, 0.15) is 0 Å². The number of hydrogen-bond acceptors (Lipinski definition) is 3. The molecule has 0 aliphatic carbocycles. The van der Waals surface area contributed by atoms with Gasteiger partial charge in [-0.3, -0.25) is 0 Å². The first-order chi connectivity index (χ1) is 10.0. The molecule has 108 valence electrons. The van der Waals surface area contributed by atoms with E-state index in [0.29, 0.717) is 17.3 Å². The molecular weight excluding hydrogens is 293 g/mol. The highest BCUT2D eigenvalue weighted by Gasteiger charge is 2.03. The van der Waals surface area contributed by atoms with E-state index >= 15 is 0 Å². The van der Waals surface area contributed by atoms with Gasteiger partial charge in [0.05, 0.1) is 5.56 Å². The molecule has 0 aliphatic heterocycles. The molecule has 0 aliphatic rings. The van der Waals surface area contributed by atoms with Crippen molar-refractivity contribution in [2.75, 3.05) is 5.32 Å². The molecule has 0 atom stereocenters. The Morgan fingerprint density at radius 1 is 1.24 bits per heavy atom. The molecule has 2 aromatic rings. The van der Waals surface area contributed by atoms with Gasteiger partial charge >= 0.3 is 5.97 Å². The Bertz CT molecular complexity index is 644. The predicted molar refractivity (Wildman–Crippen MR) is 80.7 cm³/mol. The Kier molecular flexibility index (Phi) is 4.78. The molecule has 1 aromatic carbocycles. The van der Waals surface area contributed by atoms with Gasteiger partial charge in [-0.1, -0.05) is 6.07 Å². The number of nitrogens with one attached hydrogen (secondary N) is 2. The fourth-order valence-corrected chi connectivity index (χ4v) is 1.75. The Morgan fingerprint density at radius 2 is 1.95 bits per heavy atom. The minimum Gasteiger partial charge on any atom is -0.478 e. The lowest BCUT2D eigenvalue weighted by molar-refractivity contribution is 0.0697. The van der Waals surface area contributed by atoms with Gasteiger partial charge in [-0.2, -0.15) is 4.39 Å². The normalized spacial score (nSPS) is 9.95. The van der Waals surface area contributed by atoms with Crippen molar-refractivity contribution in [2.24, 2.45) is 0 Å². The minimum atomic E-state index is -0.980. The molecule has 2 rings (SSSR count). The van der Waals surface area contributed by atoms with E-state index in [1.54, 1.807) is 18.2 Å². The van der Waals surface area contributed by atoms with Crippen LogP contribution in [0.2, 0.25) is 0 Å². The number of rotatable bonds is 4. The van der Waals surface area contributed by atoms with E-state index in [0.717, 1.165) is 5.56 Å². The van der Waals surface area contributed by atoms with E-state index in [1.165, 1.54) is 24.4 Å². The van der Waals surface area contributed by atoms with Crippen LogP contribution in [0.15, 0.2) is 42.6 Å². The van der Waals surface area contributed by atoms with Crippen molar-refractivity contribution >= 4 is 29.0 Å². The molecule has 21 heavy (non-hydrogen) atoms. The average molecular weight is 305 g/mol. The van der Waals surface area contributed by atoms with E-state index < -0.39 is 11.9 Å². The number of carboxylic acids is 1. The van der Waals surface area contributed by atoms with Crippen LogP contribution in [-0.4, -0.2) is 21.2 Å². The van der Waals surface area contributed by atoms with Crippen LogP contribution in [0.3, 0.4) is 0 Å². The lowest BCUT2D eigenvalue weighted by Crippen LogP contribution is -2.27. The number of benzene rings is 1. The second kappa shape index (κ2) is 6.76. The summed E-state index contributed by atoms with van der Waals surface area (Å²) in [5.41, 5.74) is 1.67. The molecule has 0 saturated carbocycles. The number of aromatic carboxylic acids is 1. The molecule has 0 bridgehead atoms. The van der Waals surface area contributed by atoms with E-state index in [1.807, 2.05) is 0 Å². The number of nitrogens with zero attached hydrogens (tertiary/aromatic N) is 1. The number of hydrogen-bond donors (Lipinski definition) is 3. The van der Waals surface area contributed by atoms with E-state index in [4.69, 9.17) is 17.3 Å².